The van der Waals surface area contributed by atoms with Crippen molar-refractivity contribution >= 4 is 0 Å². The van der Waals surface area contributed by atoms with Crippen molar-refractivity contribution in [2.24, 2.45) is 5.73 Å². The van der Waals surface area contributed by atoms with E-state index in [-0.39, 0.29) is 0 Å². The monoisotopic (exact) mass is 585 g/mol. The van der Waals surface area contributed by atoms with Crippen molar-refractivity contribution in [2.45, 2.75) is 112 Å². The zero-order valence-corrected chi connectivity index (χ0v) is 23.0. The van der Waals surface area contributed by atoms with E-state index >= 15 is 0 Å². The quantitative estimate of drug-likeness (QED) is 0.0958. The second kappa shape index (κ2) is 15.2. The third-order valence-electron chi connectivity index (χ3n) is 7.71. The molecule has 16 heteroatoms. The van der Waals surface area contributed by atoms with E-state index in [1.807, 2.05) is 6.92 Å². The summed E-state index contributed by atoms with van der Waals surface area (Å²) in [5.41, 5.74) is 5.81. The molecule has 3 aliphatic heterocycles. The molecular weight excluding hydrogens is 538 g/mol. The summed E-state index contributed by atoms with van der Waals surface area (Å²) in [7, 11) is 3.26. The van der Waals surface area contributed by atoms with Gasteiger partial charge >= 0.3 is 0 Å². The van der Waals surface area contributed by atoms with Gasteiger partial charge in [0.15, 0.2) is 18.9 Å². The summed E-state index contributed by atoms with van der Waals surface area (Å²) >= 11 is 0. The van der Waals surface area contributed by atoms with Gasteiger partial charge in [0.2, 0.25) is 0 Å². The molecule has 0 radical (unpaired) electrons. The highest BCUT2D eigenvalue weighted by atomic mass is 16.7. The fourth-order valence-electron chi connectivity index (χ4n) is 5.32. The van der Waals surface area contributed by atoms with Gasteiger partial charge in [0.05, 0.1) is 37.9 Å². The number of hydrogen-bond donors (Lipinski definition) is 10. The average molecular weight is 586 g/mol. The number of nitrogens with zero attached hydrogens (tertiary/aromatic N) is 1. The minimum absolute atomic E-state index is 0.468. The third kappa shape index (κ3) is 7.28. The number of aliphatic hydroxyl groups is 8. The molecule has 16 nitrogen and oxygen atoms in total. The Balaban J connectivity index is 1.83. The summed E-state index contributed by atoms with van der Waals surface area (Å²) in [6.45, 7) is 0.600. The second-order valence-corrected chi connectivity index (χ2v) is 10.7. The number of hydrogen-bond acceptors (Lipinski definition) is 16. The molecular formula is C24H47N3O13. The van der Waals surface area contributed by atoms with Gasteiger partial charge in [-0.3, -0.25) is 4.90 Å². The standard InChI is InChI=1S/C24H47N3O13/c1-4-5-6-26-14-18(33)16(31)10(7-28)37-23(14)39-21-12(9-30)38-24(15(19(21)34)27(2)3)40-20-11(8-29)36-22(35)13(25)17(20)32/h10-24,26,28-35H,4-9,25H2,1-3H3/t10-,11-,12-,13-,14-,15-,16-,17-,18-,19-,20?,21?,22-,23+,24+/m1/s1. The largest absolute Gasteiger partial charge is 0.394 e. The van der Waals surface area contributed by atoms with Crippen LogP contribution in [0.3, 0.4) is 0 Å². The van der Waals surface area contributed by atoms with Crippen LogP contribution in [0.5, 0.6) is 0 Å². The molecule has 3 saturated heterocycles. The molecule has 0 aliphatic carbocycles. The van der Waals surface area contributed by atoms with Crippen molar-refractivity contribution in [3.63, 3.8) is 0 Å². The number of rotatable bonds is 12. The molecule has 236 valence electrons. The zero-order valence-electron chi connectivity index (χ0n) is 23.0. The topological polar surface area (TPSA) is 249 Å². The molecule has 3 fully saturated rings. The van der Waals surface area contributed by atoms with Gasteiger partial charge in [-0.25, -0.2) is 0 Å². The lowest BCUT2D eigenvalue weighted by atomic mass is 9.93. The van der Waals surface area contributed by atoms with E-state index in [4.69, 9.17) is 29.4 Å². The summed E-state index contributed by atoms with van der Waals surface area (Å²) in [6.07, 6.45) is -14.1. The summed E-state index contributed by atoms with van der Waals surface area (Å²) in [4.78, 5) is 1.58. The van der Waals surface area contributed by atoms with Crippen LogP contribution in [0.15, 0.2) is 0 Å². The molecule has 2 unspecified atom stereocenters. The highest BCUT2D eigenvalue weighted by molar-refractivity contribution is 5.00. The fraction of sp³-hybridized carbons (Fsp3) is 1.00. The molecule has 0 bridgehead atoms. The lowest BCUT2D eigenvalue weighted by Crippen LogP contribution is -2.70. The van der Waals surface area contributed by atoms with Gasteiger partial charge in [0.25, 0.3) is 0 Å². The van der Waals surface area contributed by atoms with E-state index < -0.39 is 112 Å². The average Bonchev–Trinajstić information content (AvgIpc) is 2.93. The maximum absolute atomic E-state index is 11.5. The molecule has 0 saturated carbocycles. The van der Waals surface area contributed by atoms with E-state index in [9.17, 15) is 40.9 Å². The first-order valence-corrected chi connectivity index (χ1v) is 13.7. The Morgan fingerprint density at radius 1 is 0.750 bits per heavy atom. The second-order valence-electron chi connectivity index (χ2n) is 10.7. The highest BCUT2D eigenvalue weighted by Gasteiger charge is 2.54. The van der Waals surface area contributed by atoms with Gasteiger partial charge in [-0.2, -0.15) is 0 Å². The van der Waals surface area contributed by atoms with E-state index in [0.717, 1.165) is 12.8 Å². The van der Waals surface area contributed by atoms with Gasteiger partial charge in [-0.1, -0.05) is 13.3 Å². The Morgan fingerprint density at radius 2 is 1.30 bits per heavy atom. The number of likely N-dealkylation sites (N-methyl/N-ethyl adjacent to an activating group) is 1. The predicted octanol–water partition coefficient (Wildman–Crippen LogP) is -5.64. The van der Waals surface area contributed by atoms with Gasteiger partial charge in [0.1, 0.15) is 54.9 Å². The van der Waals surface area contributed by atoms with E-state index in [0.29, 0.717) is 6.54 Å². The van der Waals surface area contributed by atoms with Crippen molar-refractivity contribution in [1.82, 2.24) is 10.2 Å². The van der Waals surface area contributed by atoms with Crippen LogP contribution in [0.1, 0.15) is 19.8 Å². The van der Waals surface area contributed by atoms with Crippen molar-refractivity contribution in [3.8, 4) is 0 Å². The van der Waals surface area contributed by atoms with E-state index in [1.54, 1.807) is 19.0 Å². The maximum Gasteiger partial charge on any atom is 0.176 e. The Labute approximate surface area is 233 Å². The normalized spacial score (nSPS) is 46.6. The molecule has 0 spiro atoms. The van der Waals surface area contributed by atoms with Gasteiger partial charge in [-0.15, -0.1) is 0 Å². The van der Waals surface area contributed by atoms with Crippen LogP contribution in [0.2, 0.25) is 0 Å². The van der Waals surface area contributed by atoms with Gasteiger partial charge in [-0.05, 0) is 27.1 Å². The Bertz CT molecular complexity index is 755. The van der Waals surface area contributed by atoms with Crippen LogP contribution in [-0.4, -0.2) is 178 Å². The first-order chi connectivity index (χ1) is 19.0. The summed E-state index contributed by atoms with van der Waals surface area (Å²) in [5.74, 6) is 0. The number of ether oxygens (including phenoxy) is 5. The molecule has 0 aromatic carbocycles. The molecule has 11 N–H and O–H groups in total. The summed E-state index contributed by atoms with van der Waals surface area (Å²) in [6, 6.07) is -3.14. The SMILES string of the molecule is CCCCN[C@H]1[C@H](OC2[C@@H](CO)O[C@@H](OC3[C@@H](CO)O[C@@H](O)[C@H](N)[C@H]3O)[C@H](N(C)C)[C@H]2O)O[C@H](CO)[C@@H](O)[C@@H]1O. The fourth-order valence-corrected chi connectivity index (χ4v) is 5.32. The van der Waals surface area contributed by atoms with E-state index in [2.05, 4.69) is 5.32 Å². The molecule has 0 aromatic heterocycles. The lowest BCUT2D eigenvalue weighted by Gasteiger charge is -2.51. The van der Waals surface area contributed by atoms with Crippen LogP contribution in [0.25, 0.3) is 0 Å². The Hall–Kier alpha value is -0.640. The zero-order chi connectivity index (χ0) is 29.7. The number of nitrogens with one attached hydrogen (secondary N) is 1. The smallest absolute Gasteiger partial charge is 0.176 e. The maximum atomic E-state index is 11.5. The minimum Gasteiger partial charge on any atom is -0.394 e. The number of nitrogens with two attached hydrogens (primary N) is 1. The third-order valence-corrected chi connectivity index (χ3v) is 7.71. The van der Waals surface area contributed by atoms with E-state index in [1.165, 1.54) is 0 Å². The van der Waals surface area contributed by atoms with Crippen molar-refractivity contribution in [2.75, 3.05) is 40.5 Å². The predicted molar refractivity (Wildman–Crippen MR) is 135 cm³/mol. The van der Waals surface area contributed by atoms with Crippen LogP contribution >= 0.6 is 0 Å². The highest BCUT2D eigenvalue weighted by Crippen LogP contribution is 2.33. The Kier molecular flexibility index (Phi) is 12.9. The molecule has 0 amide bonds. The first kappa shape index (κ1) is 33.9. The Morgan fingerprint density at radius 3 is 1.88 bits per heavy atom. The summed E-state index contributed by atoms with van der Waals surface area (Å²) < 4.78 is 29.1. The summed E-state index contributed by atoms with van der Waals surface area (Å²) in [5, 5.41) is 85.9. The molecule has 15 atom stereocenters. The van der Waals surface area contributed by atoms with Crippen molar-refractivity contribution < 1.29 is 64.5 Å². The molecule has 0 aromatic rings. The van der Waals surface area contributed by atoms with Crippen molar-refractivity contribution in [3.05, 3.63) is 0 Å². The van der Waals surface area contributed by atoms with Gasteiger partial charge in [0, 0.05) is 0 Å². The van der Waals surface area contributed by atoms with Crippen LogP contribution in [0, 0.1) is 0 Å². The first-order valence-electron chi connectivity index (χ1n) is 13.7. The van der Waals surface area contributed by atoms with Crippen LogP contribution < -0.4 is 11.1 Å². The molecule has 40 heavy (non-hydrogen) atoms. The number of aliphatic hydroxyl groups excluding tert-OH is 8. The van der Waals surface area contributed by atoms with Crippen LogP contribution in [0.4, 0.5) is 0 Å². The molecule has 3 heterocycles. The minimum atomic E-state index is -1.54. The lowest BCUT2D eigenvalue weighted by molar-refractivity contribution is -0.358. The molecule has 3 rings (SSSR count). The molecule has 3 aliphatic rings. The number of unbranched alkanes of at least 4 members (excludes halogenated alkanes) is 1. The van der Waals surface area contributed by atoms with Crippen LogP contribution in [-0.2, 0) is 23.7 Å². The van der Waals surface area contributed by atoms with Crippen molar-refractivity contribution in [1.29, 1.82) is 0 Å². The van der Waals surface area contributed by atoms with Gasteiger partial charge < -0.3 is 75.6 Å².